The maximum absolute atomic E-state index is 12.2. The van der Waals surface area contributed by atoms with Gasteiger partial charge in [0.1, 0.15) is 0 Å². The van der Waals surface area contributed by atoms with Gasteiger partial charge in [-0.05, 0) is 20.0 Å². The summed E-state index contributed by atoms with van der Waals surface area (Å²) >= 11 is 0. The van der Waals surface area contributed by atoms with E-state index in [4.69, 9.17) is 0 Å². The number of likely N-dealkylation sites (N-methyl/N-ethyl adjacent to an activating group) is 1. The van der Waals surface area contributed by atoms with E-state index in [1.807, 2.05) is 31.5 Å². The largest absolute Gasteiger partial charge is 0.338 e. The van der Waals surface area contributed by atoms with Gasteiger partial charge in [-0.1, -0.05) is 6.07 Å². The van der Waals surface area contributed by atoms with Crippen LogP contribution in [0.5, 0.6) is 0 Å². The van der Waals surface area contributed by atoms with Crippen LogP contribution in [0.25, 0.3) is 0 Å². The van der Waals surface area contributed by atoms with Crippen LogP contribution in [0.15, 0.2) is 29.3 Å². The molecule has 0 bridgehead atoms. The molecule has 134 valence electrons. The van der Waals surface area contributed by atoms with Gasteiger partial charge in [0, 0.05) is 75.5 Å². The van der Waals surface area contributed by atoms with Gasteiger partial charge >= 0.3 is 0 Å². The number of hydrogen-bond donors (Lipinski definition) is 1. The second-order valence-electron chi connectivity index (χ2n) is 6.65. The molecule has 3 rings (SSSR count). The number of aryl methyl sites for hydroxylation is 1. The highest BCUT2D eigenvalue weighted by Gasteiger charge is 2.16. The Bertz CT molecular complexity index is 762. The third kappa shape index (κ3) is 4.24. The van der Waals surface area contributed by atoms with Gasteiger partial charge in [-0.3, -0.25) is 4.79 Å². The van der Waals surface area contributed by atoms with Crippen LogP contribution in [0, 0.1) is 6.92 Å². The Morgan fingerprint density at radius 3 is 2.40 bits per heavy atom. The van der Waals surface area contributed by atoms with Crippen LogP contribution >= 0.6 is 0 Å². The number of nitrogens with zero attached hydrogens (tertiary/aromatic N) is 5. The minimum absolute atomic E-state index is 0.0502. The summed E-state index contributed by atoms with van der Waals surface area (Å²) in [4.78, 5) is 25.7. The van der Waals surface area contributed by atoms with Crippen LogP contribution in [-0.4, -0.2) is 52.7 Å². The zero-order valence-electron chi connectivity index (χ0n) is 15.2. The third-order valence-electron chi connectivity index (χ3n) is 4.76. The Morgan fingerprint density at radius 2 is 1.72 bits per heavy atom. The molecular formula is C18H26N6O. The average molecular weight is 342 g/mol. The van der Waals surface area contributed by atoms with E-state index >= 15 is 0 Å². The molecule has 25 heavy (non-hydrogen) atoms. The fourth-order valence-electron chi connectivity index (χ4n) is 2.86. The molecule has 7 heteroatoms. The lowest BCUT2D eigenvalue weighted by Gasteiger charge is -2.32. The van der Waals surface area contributed by atoms with Crippen molar-refractivity contribution in [1.82, 2.24) is 24.8 Å². The zero-order chi connectivity index (χ0) is 17.8. The van der Waals surface area contributed by atoms with Crippen molar-refractivity contribution in [3.8, 4) is 0 Å². The minimum atomic E-state index is 0.0502. The van der Waals surface area contributed by atoms with Crippen molar-refractivity contribution in [2.75, 3.05) is 38.1 Å². The van der Waals surface area contributed by atoms with Crippen molar-refractivity contribution in [3.63, 3.8) is 0 Å². The van der Waals surface area contributed by atoms with Crippen molar-refractivity contribution >= 4 is 5.95 Å². The summed E-state index contributed by atoms with van der Waals surface area (Å²) in [6.07, 6.45) is 3.72. The molecule has 0 amide bonds. The molecule has 1 aliphatic rings. The van der Waals surface area contributed by atoms with Crippen LogP contribution in [0.1, 0.15) is 16.8 Å². The number of anilines is 1. The number of pyridine rings is 1. The number of aromatic nitrogens is 3. The maximum atomic E-state index is 12.2. The van der Waals surface area contributed by atoms with Gasteiger partial charge in [-0.2, -0.15) is 0 Å². The van der Waals surface area contributed by atoms with Gasteiger partial charge in [0.25, 0.3) is 5.56 Å². The first kappa shape index (κ1) is 17.6. The fraction of sp³-hybridized carbons (Fsp3) is 0.500. The second-order valence-corrected chi connectivity index (χ2v) is 6.65. The molecule has 0 aromatic carbocycles. The molecule has 0 aliphatic carbocycles. The zero-order valence-corrected chi connectivity index (χ0v) is 15.2. The van der Waals surface area contributed by atoms with E-state index in [0.717, 1.165) is 48.9 Å². The van der Waals surface area contributed by atoms with E-state index in [9.17, 15) is 4.79 Å². The predicted octanol–water partition coefficient (Wildman–Crippen LogP) is 0.525. The molecule has 1 fully saturated rings. The SMILES string of the molecule is Cc1ccc(CNCc2cnc(N3CCN(C)CC3)nc2)c(=O)n1C. The van der Waals surface area contributed by atoms with E-state index in [1.54, 1.807) is 11.6 Å². The molecule has 7 nitrogen and oxygen atoms in total. The Labute approximate surface area is 148 Å². The minimum Gasteiger partial charge on any atom is -0.338 e. The van der Waals surface area contributed by atoms with E-state index in [0.29, 0.717) is 13.1 Å². The first-order chi connectivity index (χ1) is 12.0. The number of piperazine rings is 1. The molecule has 1 N–H and O–H groups in total. The van der Waals surface area contributed by atoms with E-state index in [1.165, 1.54) is 0 Å². The molecule has 0 saturated carbocycles. The van der Waals surface area contributed by atoms with Crippen molar-refractivity contribution in [2.45, 2.75) is 20.0 Å². The van der Waals surface area contributed by atoms with Crippen molar-refractivity contribution in [2.24, 2.45) is 7.05 Å². The molecule has 1 aliphatic heterocycles. The van der Waals surface area contributed by atoms with Gasteiger partial charge in [0.2, 0.25) is 5.95 Å². The molecule has 3 heterocycles. The Kier molecular flexibility index (Phi) is 5.45. The monoisotopic (exact) mass is 342 g/mol. The predicted molar refractivity (Wildman–Crippen MR) is 98.7 cm³/mol. The summed E-state index contributed by atoms with van der Waals surface area (Å²) in [6.45, 7) is 7.11. The summed E-state index contributed by atoms with van der Waals surface area (Å²) in [7, 11) is 3.93. The van der Waals surface area contributed by atoms with E-state index < -0.39 is 0 Å². The summed E-state index contributed by atoms with van der Waals surface area (Å²) in [5.74, 6) is 0.796. The molecule has 2 aromatic rings. The molecular weight excluding hydrogens is 316 g/mol. The highest BCUT2D eigenvalue weighted by molar-refractivity contribution is 5.30. The highest BCUT2D eigenvalue weighted by atomic mass is 16.1. The normalized spacial score (nSPS) is 15.6. The van der Waals surface area contributed by atoms with Crippen LogP contribution < -0.4 is 15.8 Å². The maximum Gasteiger partial charge on any atom is 0.254 e. The van der Waals surface area contributed by atoms with Gasteiger partial charge in [0.05, 0.1) is 0 Å². The van der Waals surface area contributed by atoms with Crippen LogP contribution in [0.3, 0.4) is 0 Å². The number of nitrogens with one attached hydrogen (secondary N) is 1. The number of rotatable bonds is 5. The van der Waals surface area contributed by atoms with E-state index in [2.05, 4.69) is 32.1 Å². The van der Waals surface area contributed by atoms with Gasteiger partial charge in [-0.25, -0.2) is 9.97 Å². The van der Waals surface area contributed by atoms with Gasteiger partial charge in [0.15, 0.2) is 0 Å². The van der Waals surface area contributed by atoms with Crippen molar-refractivity contribution in [1.29, 1.82) is 0 Å². The third-order valence-corrected chi connectivity index (χ3v) is 4.76. The molecule has 2 aromatic heterocycles. The smallest absolute Gasteiger partial charge is 0.254 e. The first-order valence-corrected chi connectivity index (χ1v) is 8.65. The topological polar surface area (TPSA) is 66.3 Å². The second kappa shape index (κ2) is 7.76. The summed E-state index contributed by atoms with van der Waals surface area (Å²) in [5, 5.41) is 3.30. The first-order valence-electron chi connectivity index (χ1n) is 8.65. The van der Waals surface area contributed by atoms with Crippen LogP contribution in [0.2, 0.25) is 0 Å². The van der Waals surface area contributed by atoms with E-state index in [-0.39, 0.29) is 5.56 Å². The van der Waals surface area contributed by atoms with Gasteiger partial charge in [-0.15, -0.1) is 0 Å². The standard InChI is InChI=1S/C18H26N6O/c1-14-4-5-16(17(25)23(14)3)13-19-10-15-11-20-18(21-12-15)24-8-6-22(2)7-9-24/h4-5,11-12,19H,6-10,13H2,1-3H3. The van der Waals surface area contributed by atoms with Gasteiger partial charge < -0.3 is 19.7 Å². The molecule has 0 unspecified atom stereocenters. The highest BCUT2D eigenvalue weighted by Crippen LogP contribution is 2.10. The lowest BCUT2D eigenvalue weighted by Crippen LogP contribution is -2.45. The summed E-state index contributed by atoms with van der Waals surface area (Å²) in [6, 6.07) is 3.85. The summed E-state index contributed by atoms with van der Waals surface area (Å²) < 4.78 is 1.67. The quantitative estimate of drug-likeness (QED) is 0.855. The molecule has 0 atom stereocenters. The molecule has 1 saturated heterocycles. The van der Waals surface area contributed by atoms with Crippen LogP contribution in [0.4, 0.5) is 5.95 Å². The Hall–Kier alpha value is -2.25. The lowest BCUT2D eigenvalue weighted by molar-refractivity contribution is 0.311. The van der Waals surface area contributed by atoms with Crippen molar-refractivity contribution < 1.29 is 0 Å². The molecule has 0 radical (unpaired) electrons. The Balaban J connectivity index is 1.54. The lowest BCUT2D eigenvalue weighted by atomic mass is 10.2. The average Bonchev–Trinajstić information content (AvgIpc) is 2.63. The summed E-state index contributed by atoms with van der Waals surface area (Å²) in [5.41, 5.74) is 2.79. The Morgan fingerprint density at radius 1 is 1.04 bits per heavy atom. The fourth-order valence-corrected chi connectivity index (χ4v) is 2.86. The molecule has 0 spiro atoms. The van der Waals surface area contributed by atoms with Crippen LogP contribution in [-0.2, 0) is 20.1 Å². The van der Waals surface area contributed by atoms with Crippen molar-refractivity contribution in [3.05, 3.63) is 51.7 Å². The number of hydrogen-bond acceptors (Lipinski definition) is 6.